The lowest BCUT2D eigenvalue weighted by atomic mass is 10.0. The smallest absolute Gasteiger partial charge is 0.326 e. The third-order valence-corrected chi connectivity index (χ3v) is 4.01. The number of carboxylic acid groups (broad SMARTS) is 1. The van der Waals surface area contributed by atoms with Crippen molar-refractivity contribution in [2.45, 2.75) is 19.0 Å². The van der Waals surface area contributed by atoms with Gasteiger partial charge in [-0.3, -0.25) is 4.79 Å². The molecule has 1 aromatic heterocycles. The quantitative estimate of drug-likeness (QED) is 0.865. The Morgan fingerprint density at radius 2 is 2.24 bits per heavy atom. The molecule has 1 aliphatic heterocycles. The first-order valence-corrected chi connectivity index (χ1v) is 7.16. The molecule has 1 aromatic carbocycles. The SMILES string of the molecule is O=C(O)C1Cc2nc[nH]c2CN1C(=O)c1cccc(Br)c1. The van der Waals surface area contributed by atoms with Crippen LogP contribution in [-0.2, 0) is 17.8 Å². The van der Waals surface area contributed by atoms with E-state index in [1.54, 1.807) is 18.2 Å². The number of imidazole rings is 1. The number of aliphatic carboxylic acids is 1. The summed E-state index contributed by atoms with van der Waals surface area (Å²) >= 11 is 3.31. The van der Waals surface area contributed by atoms with Gasteiger partial charge in [-0.25, -0.2) is 9.78 Å². The predicted molar refractivity (Wildman–Crippen MR) is 77.7 cm³/mol. The third kappa shape index (κ3) is 2.56. The summed E-state index contributed by atoms with van der Waals surface area (Å²) in [4.78, 5) is 32.5. The second-order valence-corrected chi connectivity index (χ2v) is 5.75. The lowest BCUT2D eigenvalue weighted by molar-refractivity contribution is -0.142. The van der Waals surface area contributed by atoms with E-state index in [1.165, 1.54) is 11.2 Å². The third-order valence-electron chi connectivity index (χ3n) is 3.52. The van der Waals surface area contributed by atoms with Crippen LogP contribution in [0.3, 0.4) is 0 Å². The summed E-state index contributed by atoms with van der Waals surface area (Å²) in [6, 6.07) is 6.03. The Labute approximate surface area is 128 Å². The number of fused-ring (bicyclic) bond motifs is 1. The number of amides is 1. The van der Waals surface area contributed by atoms with Crippen LogP contribution in [0.2, 0.25) is 0 Å². The van der Waals surface area contributed by atoms with Crippen molar-refractivity contribution in [2.24, 2.45) is 0 Å². The highest BCUT2D eigenvalue weighted by atomic mass is 79.9. The molecule has 21 heavy (non-hydrogen) atoms. The lowest BCUT2D eigenvalue weighted by Gasteiger charge is -2.32. The van der Waals surface area contributed by atoms with Gasteiger partial charge < -0.3 is 15.0 Å². The van der Waals surface area contributed by atoms with Crippen molar-refractivity contribution < 1.29 is 14.7 Å². The number of halogens is 1. The standard InChI is InChI=1S/C14H12BrN3O3/c15-9-3-1-2-8(4-9)13(19)18-6-11-10(16-7-17-11)5-12(18)14(20)21/h1-4,7,12H,5-6H2,(H,16,17)(H,20,21). The average molecular weight is 350 g/mol. The largest absolute Gasteiger partial charge is 0.480 e. The van der Waals surface area contributed by atoms with Gasteiger partial charge in [-0.15, -0.1) is 0 Å². The van der Waals surface area contributed by atoms with Gasteiger partial charge in [0.15, 0.2) is 0 Å². The Kier molecular flexibility index (Phi) is 3.50. The molecule has 1 aliphatic rings. The second kappa shape index (κ2) is 5.33. The molecule has 3 rings (SSSR count). The highest BCUT2D eigenvalue weighted by Crippen LogP contribution is 2.23. The number of hydrogen-bond acceptors (Lipinski definition) is 3. The molecule has 1 unspecified atom stereocenters. The molecular weight excluding hydrogens is 338 g/mol. The maximum atomic E-state index is 12.6. The first-order chi connectivity index (χ1) is 10.1. The van der Waals surface area contributed by atoms with Gasteiger partial charge in [-0.1, -0.05) is 22.0 Å². The van der Waals surface area contributed by atoms with Crippen LogP contribution in [0.1, 0.15) is 21.7 Å². The number of carbonyl (C=O) groups is 2. The van der Waals surface area contributed by atoms with Crippen LogP contribution < -0.4 is 0 Å². The van der Waals surface area contributed by atoms with E-state index in [2.05, 4.69) is 25.9 Å². The van der Waals surface area contributed by atoms with Crippen LogP contribution in [0.25, 0.3) is 0 Å². The predicted octanol–water partition coefficient (Wildman–Crippen LogP) is 1.82. The molecule has 0 spiro atoms. The lowest BCUT2D eigenvalue weighted by Crippen LogP contribution is -2.48. The van der Waals surface area contributed by atoms with Gasteiger partial charge in [0.1, 0.15) is 6.04 Å². The summed E-state index contributed by atoms with van der Waals surface area (Å²) in [7, 11) is 0. The van der Waals surface area contributed by atoms with Gasteiger partial charge in [0.25, 0.3) is 5.91 Å². The minimum absolute atomic E-state index is 0.216. The van der Waals surface area contributed by atoms with Crippen molar-refractivity contribution in [1.82, 2.24) is 14.9 Å². The molecule has 0 aliphatic carbocycles. The number of rotatable bonds is 2. The Bertz CT molecular complexity index is 713. The normalized spacial score (nSPS) is 17.4. The fourth-order valence-corrected chi connectivity index (χ4v) is 2.86. The van der Waals surface area contributed by atoms with Crippen molar-refractivity contribution in [2.75, 3.05) is 0 Å². The van der Waals surface area contributed by atoms with E-state index in [4.69, 9.17) is 0 Å². The van der Waals surface area contributed by atoms with Crippen molar-refractivity contribution in [1.29, 1.82) is 0 Å². The van der Waals surface area contributed by atoms with Crippen LogP contribution in [-0.4, -0.2) is 37.9 Å². The summed E-state index contributed by atoms with van der Waals surface area (Å²) in [5.74, 6) is -1.32. The van der Waals surface area contributed by atoms with Crippen molar-refractivity contribution in [3.05, 3.63) is 52.0 Å². The average Bonchev–Trinajstić information content (AvgIpc) is 2.92. The molecule has 0 radical (unpaired) electrons. The summed E-state index contributed by atoms with van der Waals surface area (Å²) in [5, 5.41) is 9.38. The van der Waals surface area contributed by atoms with Gasteiger partial charge in [0, 0.05) is 16.5 Å². The van der Waals surface area contributed by atoms with Crippen LogP contribution in [0.5, 0.6) is 0 Å². The molecule has 0 saturated heterocycles. The van der Waals surface area contributed by atoms with Crippen LogP contribution in [0, 0.1) is 0 Å². The highest BCUT2D eigenvalue weighted by molar-refractivity contribution is 9.10. The molecule has 2 N–H and O–H groups in total. The summed E-state index contributed by atoms with van der Waals surface area (Å²) in [6.07, 6.45) is 1.74. The molecule has 0 fully saturated rings. The number of H-pyrrole nitrogens is 1. The summed E-state index contributed by atoms with van der Waals surface area (Å²) in [6.45, 7) is 0.220. The zero-order valence-electron chi connectivity index (χ0n) is 10.9. The van der Waals surface area contributed by atoms with Gasteiger partial charge >= 0.3 is 5.97 Å². The minimum atomic E-state index is -1.02. The summed E-state index contributed by atoms with van der Waals surface area (Å²) < 4.78 is 0.777. The number of hydrogen-bond donors (Lipinski definition) is 2. The molecule has 1 atom stereocenters. The molecule has 2 aromatic rings. The molecule has 7 heteroatoms. The summed E-state index contributed by atoms with van der Waals surface area (Å²) in [5.41, 5.74) is 1.95. The van der Waals surface area contributed by atoms with Crippen LogP contribution >= 0.6 is 15.9 Å². The van der Waals surface area contributed by atoms with Crippen molar-refractivity contribution in [3.8, 4) is 0 Å². The number of aromatic nitrogens is 2. The molecule has 1 amide bonds. The van der Waals surface area contributed by atoms with Gasteiger partial charge in [-0.05, 0) is 18.2 Å². The Hall–Kier alpha value is -2.15. The Morgan fingerprint density at radius 3 is 2.95 bits per heavy atom. The minimum Gasteiger partial charge on any atom is -0.480 e. The molecule has 0 bridgehead atoms. The zero-order chi connectivity index (χ0) is 15.0. The van der Waals surface area contributed by atoms with E-state index in [0.29, 0.717) is 11.3 Å². The van der Waals surface area contributed by atoms with Crippen molar-refractivity contribution >= 4 is 27.8 Å². The van der Waals surface area contributed by atoms with E-state index in [1.807, 2.05) is 6.07 Å². The number of carboxylic acids is 1. The Morgan fingerprint density at radius 1 is 1.43 bits per heavy atom. The maximum absolute atomic E-state index is 12.6. The van der Waals surface area contributed by atoms with E-state index < -0.39 is 12.0 Å². The van der Waals surface area contributed by atoms with Crippen molar-refractivity contribution in [3.63, 3.8) is 0 Å². The molecular formula is C14H12BrN3O3. The molecule has 0 saturated carbocycles. The fraction of sp³-hybridized carbons (Fsp3) is 0.214. The van der Waals surface area contributed by atoms with E-state index >= 15 is 0 Å². The van der Waals surface area contributed by atoms with E-state index in [9.17, 15) is 14.7 Å². The number of aromatic amines is 1. The zero-order valence-corrected chi connectivity index (χ0v) is 12.5. The fourth-order valence-electron chi connectivity index (χ4n) is 2.46. The van der Waals surface area contributed by atoms with E-state index in [-0.39, 0.29) is 18.9 Å². The highest BCUT2D eigenvalue weighted by Gasteiger charge is 2.36. The first kappa shape index (κ1) is 13.8. The van der Waals surface area contributed by atoms with Crippen LogP contribution in [0.15, 0.2) is 35.1 Å². The van der Waals surface area contributed by atoms with Gasteiger partial charge in [0.2, 0.25) is 0 Å². The van der Waals surface area contributed by atoms with E-state index in [0.717, 1.165) is 10.2 Å². The maximum Gasteiger partial charge on any atom is 0.326 e. The number of nitrogens with one attached hydrogen (secondary N) is 1. The number of benzene rings is 1. The molecule has 108 valence electrons. The first-order valence-electron chi connectivity index (χ1n) is 6.36. The molecule has 2 heterocycles. The van der Waals surface area contributed by atoms with Crippen LogP contribution in [0.4, 0.5) is 0 Å². The Balaban J connectivity index is 1.95. The number of nitrogens with zero attached hydrogens (tertiary/aromatic N) is 2. The molecule has 6 nitrogen and oxygen atoms in total. The topological polar surface area (TPSA) is 86.3 Å². The second-order valence-electron chi connectivity index (χ2n) is 4.83. The number of carbonyl (C=O) groups excluding carboxylic acids is 1. The monoisotopic (exact) mass is 349 g/mol. The van der Waals surface area contributed by atoms with Gasteiger partial charge in [0.05, 0.1) is 24.3 Å². The van der Waals surface area contributed by atoms with Gasteiger partial charge in [-0.2, -0.15) is 0 Å².